The Bertz CT molecular complexity index is 2450. The van der Waals surface area contributed by atoms with Crippen LogP contribution in [0.15, 0.2) is 160 Å². The number of nitrogens with zero attached hydrogens (tertiary/aromatic N) is 1. The number of furan rings is 2. The minimum absolute atomic E-state index is 0.877. The Morgan fingerprint density at radius 1 is 0.395 bits per heavy atom. The molecule has 0 aliphatic carbocycles. The molecular weight excluding hydrogens is 526 g/mol. The van der Waals surface area contributed by atoms with Crippen molar-refractivity contribution in [3.05, 3.63) is 152 Å². The molecule has 0 aliphatic heterocycles. The van der Waals surface area contributed by atoms with E-state index >= 15 is 0 Å². The standard InChI is InChI=1S/C40H25NO2/c1-2-11-28(12-3-1)41(30-22-23-33-32-14-6-8-16-36(32)42-38(33)25-30)29-20-18-26(19-21-29)35-24-27-10-4-5-13-31(27)40-39(35)34-15-7-9-17-37(34)43-40/h1-25H. The molecule has 0 saturated carbocycles. The number of hydrogen-bond donors (Lipinski definition) is 0. The quantitative estimate of drug-likeness (QED) is 0.218. The van der Waals surface area contributed by atoms with E-state index < -0.39 is 0 Å². The van der Waals surface area contributed by atoms with Gasteiger partial charge in [0.25, 0.3) is 0 Å². The summed E-state index contributed by atoms with van der Waals surface area (Å²) in [7, 11) is 0. The summed E-state index contributed by atoms with van der Waals surface area (Å²) in [6, 6.07) is 53.1. The Balaban J connectivity index is 1.21. The first-order valence-corrected chi connectivity index (χ1v) is 14.5. The maximum Gasteiger partial charge on any atom is 0.143 e. The number of hydrogen-bond acceptors (Lipinski definition) is 3. The molecule has 0 bridgehead atoms. The normalized spacial score (nSPS) is 11.7. The Hall–Kier alpha value is -5.80. The zero-order chi connectivity index (χ0) is 28.3. The molecule has 2 heterocycles. The lowest BCUT2D eigenvalue weighted by molar-refractivity contribution is 0.669. The maximum atomic E-state index is 6.45. The minimum atomic E-state index is 0.877. The van der Waals surface area contributed by atoms with Gasteiger partial charge in [-0.05, 0) is 71.1 Å². The second kappa shape index (κ2) is 9.37. The Morgan fingerprint density at radius 3 is 1.81 bits per heavy atom. The second-order valence-electron chi connectivity index (χ2n) is 10.9. The smallest absolute Gasteiger partial charge is 0.143 e. The van der Waals surface area contributed by atoms with Crippen LogP contribution >= 0.6 is 0 Å². The lowest BCUT2D eigenvalue weighted by Crippen LogP contribution is -2.09. The van der Waals surface area contributed by atoms with Crippen LogP contribution < -0.4 is 4.90 Å². The Labute approximate surface area is 247 Å². The lowest BCUT2D eigenvalue weighted by atomic mass is 9.95. The Morgan fingerprint density at radius 2 is 1.00 bits per heavy atom. The molecule has 0 saturated heterocycles. The number of rotatable bonds is 4. The third-order valence-corrected chi connectivity index (χ3v) is 8.44. The molecule has 0 N–H and O–H groups in total. The molecule has 0 unspecified atom stereocenters. The van der Waals surface area contributed by atoms with Crippen molar-refractivity contribution in [1.82, 2.24) is 0 Å². The van der Waals surface area contributed by atoms with Crippen molar-refractivity contribution < 1.29 is 8.83 Å². The van der Waals surface area contributed by atoms with Crippen molar-refractivity contribution in [3.8, 4) is 11.1 Å². The van der Waals surface area contributed by atoms with E-state index in [1.165, 1.54) is 5.56 Å². The monoisotopic (exact) mass is 551 g/mol. The first-order valence-electron chi connectivity index (χ1n) is 14.5. The van der Waals surface area contributed by atoms with Gasteiger partial charge in [0.1, 0.15) is 22.3 Å². The van der Waals surface area contributed by atoms with Crippen molar-refractivity contribution in [2.75, 3.05) is 4.90 Å². The molecule has 0 spiro atoms. The van der Waals surface area contributed by atoms with Crippen molar-refractivity contribution in [1.29, 1.82) is 0 Å². The van der Waals surface area contributed by atoms with Gasteiger partial charge in [0.15, 0.2) is 0 Å². The molecule has 0 atom stereocenters. The van der Waals surface area contributed by atoms with Crippen LogP contribution in [0.2, 0.25) is 0 Å². The molecule has 0 amide bonds. The van der Waals surface area contributed by atoms with Crippen LogP contribution in [0.4, 0.5) is 17.1 Å². The summed E-state index contributed by atoms with van der Waals surface area (Å²) >= 11 is 0. The summed E-state index contributed by atoms with van der Waals surface area (Å²) in [6.45, 7) is 0. The summed E-state index contributed by atoms with van der Waals surface area (Å²) in [5, 5.41) is 6.83. The summed E-state index contributed by atoms with van der Waals surface area (Å²) in [5.74, 6) is 0. The average Bonchev–Trinajstić information content (AvgIpc) is 3.64. The van der Waals surface area contributed by atoms with Gasteiger partial charge in [-0.25, -0.2) is 0 Å². The van der Waals surface area contributed by atoms with Crippen LogP contribution in [-0.4, -0.2) is 0 Å². The molecule has 9 rings (SSSR count). The third-order valence-electron chi connectivity index (χ3n) is 8.44. The number of fused-ring (bicyclic) bond motifs is 8. The largest absolute Gasteiger partial charge is 0.456 e. The van der Waals surface area contributed by atoms with Gasteiger partial charge in [0, 0.05) is 50.1 Å². The molecular formula is C40H25NO2. The van der Waals surface area contributed by atoms with Gasteiger partial charge in [-0.2, -0.15) is 0 Å². The van der Waals surface area contributed by atoms with E-state index in [9.17, 15) is 0 Å². The molecule has 43 heavy (non-hydrogen) atoms. The molecule has 3 heteroatoms. The van der Waals surface area contributed by atoms with Gasteiger partial charge in [0.2, 0.25) is 0 Å². The summed E-state index contributed by atoms with van der Waals surface area (Å²) in [5.41, 5.74) is 9.12. The topological polar surface area (TPSA) is 29.5 Å². The minimum Gasteiger partial charge on any atom is -0.456 e. The van der Waals surface area contributed by atoms with Gasteiger partial charge in [-0.1, -0.05) is 91.0 Å². The van der Waals surface area contributed by atoms with Gasteiger partial charge in [-0.15, -0.1) is 0 Å². The highest BCUT2D eigenvalue weighted by atomic mass is 16.3. The molecule has 0 aliphatic rings. The highest BCUT2D eigenvalue weighted by Crippen LogP contribution is 2.43. The summed E-state index contributed by atoms with van der Waals surface area (Å²) in [6.07, 6.45) is 0. The van der Waals surface area contributed by atoms with E-state index in [0.717, 1.165) is 77.3 Å². The summed E-state index contributed by atoms with van der Waals surface area (Å²) < 4.78 is 12.7. The fraction of sp³-hybridized carbons (Fsp3) is 0. The molecule has 0 fully saturated rings. The van der Waals surface area contributed by atoms with Gasteiger partial charge in [-0.3, -0.25) is 0 Å². The SMILES string of the molecule is c1ccc(N(c2ccc(-c3cc4ccccc4c4oc5ccccc5c34)cc2)c2ccc3c(c2)oc2ccccc23)cc1. The molecule has 3 nitrogen and oxygen atoms in total. The van der Waals surface area contributed by atoms with Gasteiger partial charge < -0.3 is 13.7 Å². The third kappa shape index (κ3) is 3.75. The Kier molecular flexibility index (Phi) is 5.20. The number of anilines is 3. The predicted octanol–water partition coefficient (Wildman–Crippen LogP) is 11.8. The highest BCUT2D eigenvalue weighted by Gasteiger charge is 2.18. The highest BCUT2D eigenvalue weighted by molar-refractivity contribution is 6.21. The zero-order valence-corrected chi connectivity index (χ0v) is 23.2. The van der Waals surface area contributed by atoms with Gasteiger partial charge >= 0.3 is 0 Å². The molecule has 2 aromatic heterocycles. The average molecular weight is 552 g/mol. The lowest BCUT2D eigenvalue weighted by Gasteiger charge is -2.25. The summed E-state index contributed by atoms with van der Waals surface area (Å²) in [4.78, 5) is 2.28. The van der Waals surface area contributed by atoms with Crippen LogP contribution in [0.5, 0.6) is 0 Å². The van der Waals surface area contributed by atoms with Crippen molar-refractivity contribution >= 4 is 71.7 Å². The van der Waals surface area contributed by atoms with E-state index in [-0.39, 0.29) is 0 Å². The van der Waals surface area contributed by atoms with Gasteiger partial charge in [0.05, 0.1) is 0 Å². The predicted molar refractivity (Wildman–Crippen MR) is 179 cm³/mol. The van der Waals surface area contributed by atoms with Crippen LogP contribution in [0.3, 0.4) is 0 Å². The first-order chi connectivity index (χ1) is 21.3. The van der Waals surface area contributed by atoms with Crippen LogP contribution in [0.25, 0.3) is 65.8 Å². The van der Waals surface area contributed by atoms with Crippen LogP contribution in [0, 0.1) is 0 Å². The van der Waals surface area contributed by atoms with Crippen LogP contribution in [0.1, 0.15) is 0 Å². The van der Waals surface area contributed by atoms with Crippen molar-refractivity contribution in [2.24, 2.45) is 0 Å². The van der Waals surface area contributed by atoms with E-state index in [1.807, 2.05) is 30.3 Å². The van der Waals surface area contributed by atoms with Crippen molar-refractivity contribution in [3.63, 3.8) is 0 Å². The van der Waals surface area contributed by atoms with Crippen LogP contribution in [-0.2, 0) is 0 Å². The number of para-hydroxylation sites is 3. The second-order valence-corrected chi connectivity index (χ2v) is 10.9. The van der Waals surface area contributed by atoms with Crippen molar-refractivity contribution in [2.45, 2.75) is 0 Å². The molecule has 202 valence electrons. The maximum absolute atomic E-state index is 6.45. The zero-order valence-electron chi connectivity index (χ0n) is 23.2. The fourth-order valence-corrected chi connectivity index (χ4v) is 6.46. The first kappa shape index (κ1) is 23.9. The fourth-order valence-electron chi connectivity index (χ4n) is 6.46. The van der Waals surface area contributed by atoms with E-state index in [2.05, 4.69) is 126 Å². The van der Waals surface area contributed by atoms with E-state index in [4.69, 9.17) is 8.83 Å². The van der Waals surface area contributed by atoms with E-state index in [1.54, 1.807) is 0 Å². The molecule has 7 aromatic carbocycles. The number of benzene rings is 7. The van der Waals surface area contributed by atoms with E-state index in [0.29, 0.717) is 0 Å². The molecule has 0 radical (unpaired) electrons. The molecule has 9 aromatic rings.